The first-order chi connectivity index (χ1) is 10.1. The third-order valence-corrected chi connectivity index (χ3v) is 3.37. The molecule has 1 aromatic heterocycles. The third kappa shape index (κ3) is 2.36. The van der Waals surface area contributed by atoms with Crippen molar-refractivity contribution in [1.82, 2.24) is 4.98 Å². The summed E-state index contributed by atoms with van der Waals surface area (Å²) in [5, 5.41) is 9.88. The minimum Gasteiger partial charge on any atom is -0.478 e. The summed E-state index contributed by atoms with van der Waals surface area (Å²) in [4.78, 5) is 15.4. The van der Waals surface area contributed by atoms with E-state index in [0.717, 1.165) is 16.6 Å². The molecule has 3 aromatic rings. The van der Waals surface area contributed by atoms with Crippen molar-refractivity contribution in [1.29, 1.82) is 0 Å². The Morgan fingerprint density at radius 3 is 2.71 bits per heavy atom. The van der Waals surface area contributed by atoms with Crippen molar-refractivity contribution in [2.45, 2.75) is 6.92 Å². The number of hydrogen-bond donors (Lipinski definition) is 1. The number of nitrogens with zero attached hydrogens (tertiary/aromatic N) is 1. The van der Waals surface area contributed by atoms with Gasteiger partial charge in [-0.3, -0.25) is 4.98 Å². The summed E-state index contributed by atoms with van der Waals surface area (Å²) >= 11 is 0. The number of aryl methyl sites for hydroxylation is 1. The van der Waals surface area contributed by atoms with E-state index in [0.29, 0.717) is 5.56 Å². The van der Waals surface area contributed by atoms with E-state index < -0.39 is 11.8 Å². The number of pyridine rings is 1. The van der Waals surface area contributed by atoms with Crippen LogP contribution in [0.15, 0.2) is 48.5 Å². The first-order valence-electron chi connectivity index (χ1n) is 6.46. The molecule has 0 aliphatic carbocycles. The molecule has 21 heavy (non-hydrogen) atoms. The van der Waals surface area contributed by atoms with Gasteiger partial charge in [-0.15, -0.1) is 0 Å². The number of aromatic nitrogens is 1. The molecular weight excluding hydrogens is 269 g/mol. The fourth-order valence-electron chi connectivity index (χ4n) is 2.32. The van der Waals surface area contributed by atoms with Crippen molar-refractivity contribution in [3.05, 3.63) is 65.6 Å². The van der Waals surface area contributed by atoms with Crippen molar-refractivity contribution < 1.29 is 14.3 Å². The van der Waals surface area contributed by atoms with Crippen molar-refractivity contribution in [2.24, 2.45) is 0 Å². The van der Waals surface area contributed by atoms with Gasteiger partial charge in [-0.25, -0.2) is 9.18 Å². The second kappa shape index (κ2) is 4.98. The van der Waals surface area contributed by atoms with E-state index in [1.807, 2.05) is 31.2 Å². The van der Waals surface area contributed by atoms with Gasteiger partial charge in [0.1, 0.15) is 5.82 Å². The van der Waals surface area contributed by atoms with E-state index in [-0.39, 0.29) is 11.1 Å². The van der Waals surface area contributed by atoms with E-state index >= 15 is 0 Å². The normalized spacial score (nSPS) is 10.8. The summed E-state index contributed by atoms with van der Waals surface area (Å²) in [6.07, 6.45) is 0. The second-order valence-electron chi connectivity index (χ2n) is 4.83. The van der Waals surface area contributed by atoms with Crippen LogP contribution in [0.25, 0.3) is 22.0 Å². The molecule has 0 radical (unpaired) electrons. The lowest BCUT2D eigenvalue weighted by molar-refractivity contribution is 0.0692. The van der Waals surface area contributed by atoms with Crippen molar-refractivity contribution in [2.75, 3.05) is 0 Å². The zero-order valence-electron chi connectivity index (χ0n) is 11.3. The number of aromatic carboxylic acids is 1. The van der Waals surface area contributed by atoms with E-state index in [2.05, 4.69) is 4.98 Å². The molecule has 0 atom stereocenters. The van der Waals surface area contributed by atoms with Crippen LogP contribution in [0.2, 0.25) is 0 Å². The minimum absolute atomic E-state index is 0.275. The van der Waals surface area contributed by atoms with Crippen LogP contribution in [0.5, 0.6) is 0 Å². The molecule has 0 aliphatic rings. The topological polar surface area (TPSA) is 50.2 Å². The molecule has 1 heterocycles. The Bertz CT molecular complexity index is 859. The van der Waals surface area contributed by atoms with Crippen molar-refractivity contribution in [3.8, 4) is 11.1 Å². The molecule has 0 fully saturated rings. The SMILES string of the molecule is Cc1ccc2cc(-c3cccc(C(=O)O)c3F)ccc2n1. The Morgan fingerprint density at radius 2 is 1.95 bits per heavy atom. The number of benzene rings is 2. The Balaban J connectivity index is 2.19. The van der Waals surface area contributed by atoms with Gasteiger partial charge < -0.3 is 5.11 Å². The van der Waals surface area contributed by atoms with Crippen LogP contribution in [-0.2, 0) is 0 Å². The summed E-state index contributed by atoms with van der Waals surface area (Å²) in [5.74, 6) is -1.99. The summed E-state index contributed by atoms with van der Waals surface area (Å²) in [6.45, 7) is 1.91. The van der Waals surface area contributed by atoms with Crippen LogP contribution in [0.1, 0.15) is 16.1 Å². The average molecular weight is 281 g/mol. The standard InChI is InChI=1S/C17H12FNO2/c1-10-5-6-12-9-11(7-8-15(12)19-10)13-3-2-4-14(16(13)18)17(20)21/h2-9H,1H3,(H,20,21). The van der Waals surface area contributed by atoms with Gasteiger partial charge >= 0.3 is 5.97 Å². The summed E-state index contributed by atoms with van der Waals surface area (Å²) in [6, 6.07) is 13.5. The number of carboxylic acids is 1. The number of rotatable bonds is 2. The van der Waals surface area contributed by atoms with Gasteiger partial charge in [-0.1, -0.05) is 24.3 Å². The highest BCUT2D eigenvalue weighted by Crippen LogP contribution is 2.27. The number of hydrogen-bond acceptors (Lipinski definition) is 2. The maximum absolute atomic E-state index is 14.3. The number of fused-ring (bicyclic) bond motifs is 1. The summed E-state index contributed by atoms with van der Waals surface area (Å²) in [7, 11) is 0. The van der Waals surface area contributed by atoms with Crippen LogP contribution in [0.3, 0.4) is 0 Å². The molecule has 104 valence electrons. The zero-order chi connectivity index (χ0) is 15.0. The molecule has 0 bridgehead atoms. The fourth-order valence-corrected chi connectivity index (χ4v) is 2.32. The number of carboxylic acid groups (broad SMARTS) is 1. The van der Waals surface area contributed by atoms with Gasteiger partial charge in [-0.05, 0) is 36.8 Å². The summed E-state index contributed by atoms with van der Waals surface area (Å²) in [5.41, 5.74) is 2.32. The molecular formula is C17H12FNO2. The Morgan fingerprint density at radius 1 is 1.14 bits per heavy atom. The van der Waals surface area contributed by atoms with Gasteiger partial charge in [-0.2, -0.15) is 0 Å². The second-order valence-corrected chi connectivity index (χ2v) is 4.83. The van der Waals surface area contributed by atoms with Crippen LogP contribution >= 0.6 is 0 Å². The smallest absolute Gasteiger partial charge is 0.338 e. The largest absolute Gasteiger partial charge is 0.478 e. The lowest BCUT2D eigenvalue weighted by atomic mass is 10.00. The van der Waals surface area contributed by atoms with Gasteiger partial charge in [0, 0.05) is 16.6 Å². The third-order valence-electron chi connectivity index (χ3n) is 3.37. The molecule has 0 saturated heterocycles. The predicted molar refractivity (Wildman–Crippen MR) is 78.8 cm³/mol. The Kier molecular flexibility index (Phi) is 3.14. The first-order valence-corrected chi connectivity index (χ1v) is 6.46. The van der Waals surface area contributed by atoms with E-state index in [9.17, 15) is 9.18 Å². The quantitative estimate of drug-likeness (QED) is 0.771. The van der Waals surface area contributed by atoms with Crippen molar-refractivity contribution >= 4 is 16.9 Å². The molecule has 3 nitrogen and oxygen atoms in total. The fraction of sp³-hybridized carbons (Fsp3) is 0.0588. The zero-order valence-corrected chi connectivity index (χ0v) is 11.3. The maximum Gasteiger partial charge on any atom is 0.338 e. The maximum atomic E-state index is 14.3. The number of carbonyl (C=O) groups is 1. The average Bonchev–Trinajstić information content (AvgIpc) is 2.46. The minimum atomic E-state index is -1.27. The van der Waals surface area contributed by atoms with Gasteiger partial charge in [0.05, 0.1) is 11.1 Å². The van der Waals surface area contributed by atoms with E-state index in [1.165, 1.54) is 6.07 Å². The van der Waals surface area contributed by atoms with Crippen LogP contribution in [-0.4, -0.2) is 16.1 Å². The number of halogens is 1. The highest BCUT2D eigenvalue weighted by Gasteiger charge is 2.15. The Hall–Kier alpha value is -2.75. The van der Waals surface area contributed by atoms with Crippen LogP contribution in [0, 0.1) is 12.7 Å². The van der Waals surface area contributed by atoms with Gasteiger partial charge in [0.2, 0.25) is 0 Å². The van der Waals surface area contributed by atoms with Crippen LogP contribution in [0.4, 0.5) is 4.39 Å². The van der Waals surface area contributed by atoms with Gasteiger partial charge in [0.15, 0.2) is 0 Å². The molecule has 0 aliphatic heterocycles. The monoisotopic (exact) mass is 281 g/mol. The molecule has 4 heteroatoms. The van der Waals surface area contributed by atoms with E-state index in [4.69, 9.17) is 5.11 Å². The predicted octanol–water partition coefficient (Wildman–Crippen LogP) is 4.05. The van der Waals surface area contributed by atoms with Gasteiger partial charge in [0.25, 0.3) is 0 Å². The highest BCUT2D eigenvalue weighted by molar-refractivity contribution is 5.91. The Labute approximate surface area is 120 Å². The summed E-state index contributed by atoms with van der Waals surface area (Å²) < 4.78 is 14.3. The van der Waals surface area contributed by atoms with Crippen LogP contribution < -0.4 is 0 Å². The molecule has 1 N–H and O–H groups in total. The molecule has 0 spiro atoms. The molecule has 3 rings (SSSR count). The highest BCUT2D eigenvalue weighted by atomic mass is 19.1. The molecule has 0 saturated carbocycles. The lowest BCUT2D eigenvalue weighted by Crippen LogP contribution is -2.01. The molecule has 0 amide bonds. The molecule has 0 unspecified atom stereocenters. The van der Waals surface area contributed by atoms with Crippen molar-refractivity contribution in [3.63, 3.8) is 0 Å². The first kappa shape index (κ1) is 13.2. The molecule has 2 aromatic carbocycles. The van der Waals surface area contributed by atoms with E-state index in [1.54, 1.807) is 18.2 Å². The lowest BCUT2D eigenvalue weighted by Gasteiger charge is -2.07.